The monoisotopic (exact) mass is 444 g/mol. The number of nitrogens with zero attached hydrogens (tertiary/aromatic N) is 6. The third-order valence-electron chi connectivity index (χ3n) is 4.48. The van der Waals surface area contributed by atoms with E-state index in [1.807, 2.05) is 12.1 Å². The molecule has 0 saturated carbocycles. The van der Waals surface area contributed by atoms with Crippen molar-refractivity contribution in [2.45, 2.75) is 11.8 Å². The number of halogens is 1. The fourth-order valence-corrected chi connectivity index (χ4v) is 3.31. The van der Waals surface area contributed by atoms with Crippen LogP contribution in [0.5, 0.6) is 0 Å². The van der Waals surface area contributed by atoms with Crippen LogP contribution in [0.25, 0.3) is 6.08 Å². The van der Waals surface area contributed by atoms with Gasteiger partial charge in [0.05, 0.1) is 11.9 Å². The van der Waals surface area contributed by atoms with Gasteiger partial charge in [0.2, 0.25) is 5.89 Å². The summed E-state index contributed by atoms with van der Waals surface area (Å²) >= 11 is 10.4. The zero-order valence-electron chi connectivity index (χ0n) is 15.8. The van der Waals surface area contributed by atoms with E-state index in [9.17, 15) is 9.59 Å². The normalized spacial score (nSPS) is 15.6. The fraction of sp³-hybridized carbons (Fsp3) is 0.211. The van der Waals surface area contributed by atoms with Gasteiger partial charge in [-0.3, -0.25) is 19.3 Å². The molecule has 9 nitrogen and oxygen atoms in total. The molecular formula is C19H17ClN6O3S. The Bertz CT molecular complexity index is 1110. The quantitative estimate of drug-likeness (QED) is 0.463. The summed E-state index contributed by atoms with van der Waals surface area (Å²) in [5.41, 5.74) is 1.51. The third-order valence-corrected chi connectivity index (χ3v) is 5.20. The van der Waals surface area contributed by atoms with Crippen LogP contribution in [0.4, 0.5) is 10.5 Å². The smallest absolute Gasteiger partial charge is 0.332 e. The topological polar surface area (TPSA) is 97.4 Å². The molecule has 30 heavy (non-hydrogen) atoms. The van der Waals surface area contributed by atoms with Gasteiger partial charge in [0.15, 0.2) is 5.82 Å². The van der Waals surface area contributed by atoms with Gasteiger partial charge in [0, 0.05) is 23.5 Å². The first-order chi connectivity index (χ1) is 14.4. The molecule has 4 rings (SSSR count). The predicted molar refractivity (Wildman–Crippen MR) is 113 cm³/mol. The SMILES string of the molecule is Cn1cc(N2CC(=O)N(Cc3nc(/C=C/C(S)c4ccc(Cl)cc4)no3)C2=O)cn1. The Morgan fingerprint density at radius 3 is 2.77 bits per heavy atom. The summed E-state index contributed by atoms with van der Waals surface area (Å²) < 4.78 is 6.75. The number of aryl methyl sites for hydroxylation is 1. The molecular weight excluding hydrogens is 428 g/mol. The van der Waals surface area contributed by atoms with Crippen molar-refractivity contribution in [3.05, 3.63) is 65.0 Å². The summed E-state index contributed by atoms with van der Waals surface area (Å²) in [6.07, 6.45) is 6.66. The number of thiol groups is 1. The van der Waals surface area contributed by atoms with Crippen molar-refractivity contribution < 1.29 is 14.1 Å². The van der Waals surface area contributed by atoms with Gasteiger partial charge in [-0.2, -0.15) is 22.7 Å². The molecule has 11 heteroatoms. The minimum Gasteiger partial charge on any atom is -0.337 e. The van der Waals surface area contributed by atoms with Crippen molar-refractivity contribution in [1.29, 1.82) is 0 Å². The number of carbonyl (C=O) groups excluding carboxylic acids is 2. The number of anilines is 1. The minimum atomic E-state index is -0.457. The van der Waals surface area contributed by atoms with Gasteiger partial charge in [-0.05, 0) is 23.8 Å². The molecule has 3 aromatic rings. The van der Waals surface area contributed by atoms with Crippen molar-refractivity contribution in [1.82, 2.24) is 24.8 Å². The molecule has 0 aliphatic carbocycles. The van der Waals surface area contributed by atoms with Gasteiger partial charge in [0.25, 0.3) is 5.91 Å². The van der Waals surface area contributed by atoms with E-state index >= 15 is 0 Å². The van der Waals surface area contributed by atoms with Crippen molar-refractivity contribution in [3.8, 4) is 0 Å². The van der Waals surface area contributed by atoms with Crippen molar-refractivity contribution in [2.24, 2.45) is 7.05 Å². The lowest BCUT2D eigenvalue weighted by Crippen LogP contribution is -2.32. The summed E-state index contributed by atoms with van der Waals surface area (Å²) in [6.45, 7) is -0.162. The summed E-state index contributed by atoms with van der Waals surface area (Å²) in [5, 5.41) is 8.36. The summed E-state index contributed by atoms with van der Waals surface area (Å²) in [6, 6.07) is 6.88. The molecule has 1 unspecified atom stereocenters. The highest BCUT2D eigenvalue weighted by atomic mass is 35.5. The van der Waals surface area contributed by atoms with E-state index in [0.717, 1.165) is 10.5 Å². The van der Waals surface area contributed by atoms with E-state index in [0.29, 0.717) is 16.5 Å². The Morgan fingerprint density at radius 2 is 2.07 bits per heavy atom. The molecule has 0 radical (unpaired) electrons. The molecule has 1 aliphatic heterocycles. The van der Waals surface area contributed by atoms with Crippen LogP contribution in [0.15, 0.2) is 47.3 Å². The highest BCUT2D eigenvalue weighted by Crippen LogP contribution is 2.24. The zero-order valence-corrected chi connectivity index (χ0v) is 17.5. The van der Waals surface area contributed by atoms with Crippen LogP contribution < -0.4 is 4.90 Å². The molecule has 1 atom stereocenters. The molecule has 0 bridgehead atoms. The van der Waals surface area contributed by atoms with Crippen molar-refractivity contribution in [2.75, 3.05) is 11.4 Å². The number of rotatable bonds is 6. The van der Waals surface area contributed by atoms with Crippen LogP contribution in [0.1, 0.15) is 22.5 Å². The van der Waals surface area contributed by atoms with Gasteiger partial charge in [0.1, 0.15) is 13.1 Å². The molecule has 1 saturated heterocycles. The molecule has 1 aromatic carbocycles. The van der Waals surface area contributed by atoms with Gasteiger partial charge in [-0.1, -0.05) is 35.0 Å². The predicted octanol–water partition coefficient (Wildman–Crippen LogP) is 3.11. The highest BCUT2D eigenvalue weighted by Gasteiger charge is 2.38. The number of carbonyl (C=O) groups is 2. The summed E-state index contributed by atoms with van der Waals surface area (Å²) in [7, 11) is 1.74. The maximum absolute atomic E-state index is 12.6. The van der Waals surface area contributed by atoms with E-state index in [4.69, 9.17) is 16.1 Å². The highest BCUT2D eigenvalue weighted by molar-refractivity contribution is 7.80. The second kappa shape index (κ2) is 8.33. The van der Waals surface area contributed by atoms with Crippen LogP contribution in [0.2, 0.25) is 5.02 Å². The number of amides is 3. The summed E-state index contributed by atoms with van der Waals surface area (Å²) in [4.78, 5) is 31.5. The lowest BCUT2D eigenvalue weighted by molar-refractivity contribution is -0.125. The second-order valence-corrected chi connectivity index (χ2v) is 7.62. The maximum Gasteiger partial charge on any atom is 0.332 e. The number of hydrogen-bond acceptors (Lipinski definition) is 7. The first kappa shape index (κ1) is 20.2. The first-order valence-electron chi connectivity index (χ1n) is 8.95. The van der Waals surface area contributed by atoms with Crippen molar-refractivity contribution >= 4 is 47.9 Å². The molecule has 3 heterocycles. The number of imide groups is 1. The first-order valence-corrected chi connectivity index (χ1v) is 9.85. The van der Waals surface area contributed by atoms with Gasteiger partial charge in [-0.25, -0.2) is 4.79 Å². The van der Waals surface area contributed by atoms with Crippen LogP contribution in [-0.2, 0) is 18.4 Å². The van der Waals surface area contributed by atoms with E-state index in [1.165, 1.54) is 11.1 Å². The minimum absolute atomic E-state index is 0.0617. The largest absolute Gasteiger partial charge is 0.337 e. The average Bonchev–Trinajstić information content (AvgIpc) is 3.43. The Kier molecular flexibility index (Phi) is 5.60. The molecule has 0 N–H and O–H groups in total. The standard InChI is InChI=1S/C19H17ClN6O3S/c1-24-9-14(8-21-24)25-11-18(27)26(19(25)28)10-17-22-16(23-29-17)7-6-15(30)12-2-4-13(20)5-3-12/h2-9,15,30H,10-11H2,1H3/b7-6+. The van der Waals surface area contributed by atoms with Gasteiger partial charge in [-0.15, -0.1) is 0 Å². The Labute approximate surface area is 182 Å². The Balaban J connectivity index is 1.41. The van der Waals surface area contributed by atoms with Crippen LogP contribution >= 0.6 is 24.2 Å². The number of urea groups is 1. The molecule has 2 aromatic heterocycles. The third kappa shape index (κ3) is 4.24. The van der Waals surface area contributed by atoms with Gasteiger partial charge >= 0.3 is 6.03 Å². The fourth-order valence-electron chi connectivity index (χ4n) is 2.93. The lowest BCUT2D eigenvalue weighted by Gasteiger charge is -2.13. The van der Waals surface area contributed by atoms with Gasteiger partial charge < -0.3 is 4.52 Å². The number of benzene rings is 1. The molecule has 1 aliphatic rings. The van der Waals surface area contributed by atoms with E-state index < -0.39 is 6.03 Å². The average molecular weight is 445 g/mol. The zero-order chi connectivity index (χ0) is 21.3. The van der Waals surface area contributed by atoms with E-state index in [-0.39, 0.29) is 30.1 Å². The maximum atomic E-state index is 12.6. The Morgan fingerprint density at radius 1 is 1.30 bits per heavy atom. The van der Waals surface area contributed by atoms with Crippen molar-refractivity contribution in [3.63, 3.8) is 0 Å². The van der Waals surface area contributed by atoms with Crippen LogP contribution in [0.3, 0.4) is 0 Å². The van der Waals surface area contributed by atoms with Crippen LogP contribution in [0, 0.1) is 0 Å². The van der Waals surface area contributed by atoms with Crippen LogP contribution in [-0.4, -0.2) is 43.3 Å². The molecule has 3 amide bonds. The molecule has 1 fully saturated rings. The summed E-state index contributed by atoms with van der Waals surface area (Å²) in [5.74, 6) is 0.130. The number of hydrogen-bond donors (Lipinski definition) is 1. The molecule has 154 valence electrons. The van der Waals surface area contributed by atoms with E-state index in [2.05, 4.69) is 27.9 Å². The lowest BCUT2D eigenvalue weighted by atomic mass is 10.1. The second-order valence-electron chi connectivity index (χ2n) is 6.62. The molecule has 0 spiro atoms. The number of aromatic nitrogens is 4. The van der Waals surface area contributed by atoms with E-state index in [1.54, 1.807) is 42.2 Å². The Hall–Kier alpha value is -3.11.